The van der Waals surface area contributed by atoms with Crippen molar-refractivity contribution in [3.8, 4) is 0 Å². The molecule has 0 spiro atoms. The molecule has 0 aliphatic heterocycles. The van der Waals surface area contributed by atoms with Crippen LogP contribution in [0.15, 0.2) is 23.3 Å². The Bertz CT molecular complexity index is 1120. The zero-order valence-corrected chi connectivity index (χ0v) is 31.1. The van der Waals surface area contributed by atoms with Gasteiger partial charge in [-0.15, -0.1) is 0 Å². The molecule has 1 aliphatic rings. The summed E-state index contributed by atoms with van der Waals surface area (Å²) >= 11 is 0. The molecule has 0 radical (unpaired) electrons. The first kappa shape index (κ1) is 43.7. The van der Waals surface area contributed by atoms with Gasteiger partial charge in [0.25, 0.3) is 5.91 Å². The van der Waals surface area contributed by atoms with Crippen LogP contribution in [0, 0.1) is 11.8 Å². The average Bonchev–Trinajstić information content (AvgIpc) is 3.36. The van der Waals surface area contributed by atoms with Crippen molar-refractivity contribution in [3.63, 3.8) is 0 Å². The third kappa shape index (κ3) is 15.4. The smallest absolute Gasteiger partial charge is 0.253 e. The van der Waals surface area contributed by atoms with E-state index >= 15 is 0 Å². The molecule has 0 saturated heterocycles. The van der Waals surface area contributed by atoms with E-state index in [1.807, 2.05) is 13.8 Å². The quantitative estimate of drug-likeness (QED) is 0.0325. The Morgan fingerprint density at radius 3 is 2.02 bits per heavy atom. The number of allylic oxidation sites excluding steroid dienone is 2. The van der Waals surface area contributed by atoms with Crippen molar-refractivity contribution in [1.29, 1.82) is 0 Å². The van der Waals surface area contributed by atoms with E-state index in [9.17, 15) is 24.0 Å². The molecule has 0 aromatic heterocycles. The number of rotatable bonds is 22. The second kappa shape index (κ2) is 24.0. The summed E-state index contributed by atoms with van der Waals surface area (Å²) in [5.74, 6) is -0.948. The van der Waals surface area contributed by atoms with Crippen LogP contribution < -0.4 is 32.7 Å². The number of carbonyl (C=O) groups excluding carboxylic acids is 5. The number of carbonyl (C=O) groups is 5. The van der Waals surface area contributed by atoms with Gasteiger partial charge in [0.2, 0.25) is 17.7 Å². The lowest BCUT2D eigenvalue weighted by Crippen LogP contribution is -2.60. The lowest BCUT2D eigenvalue weighted by Gasteiger charge is -2.27. The molecule has 280 valence electrons. The summed E-state index contributed by atoms with van der Waals surface area (Å²) in [5, 5.41) is 11.2. The first-order chi connectivity index (χ1) is 23.3. The molecule has 4 amide bonds. The molecule has 49 heavy (non-hydrogen) atoms. The molecule has 1 fully saturated rings. The van der Waals surface area contributed by atoms with Crippen LogP contribution in [0.3, 0.4) is 0 Å². The van der Waals surface area contributed by atoms with Gasteiger partial charge < -0.3 is 47.2 Å². The van der Waals surface area contributed by atoms with Crippen LogP contribution in [-0.4, -0.2) is 86.2 Å². The molecule has 13 heteroatoms. The largest absolute Gasteiger partial charge is 0.467 e. The summed E-state index contributed by atoms with van der Waals surface area (Å²) in [6.07, 6.45) is 13.4. The van der Waals surface area contributed by atoms with E-state index < -0.39 is 36.0 Å². The van der Waals surface area contributed by atoms with Gasteiger partial charge in [0.1, 0.15) is 30.4 Å². The first-order valence-electron chi connectivity index (χ1n) is 18.1. The number of nitrogens with one attached hydrogen (secondary N) is 4. The zero-order chi connectivity index (χ0) is 36.9. The van der Waals surface area contributed by atoms with E-state index in [4.69, 9.17) is 16.2 Å². The average molecular weight is 692 g/mol. The first-order valence-corrected chi connectivity index (χ1v) is 18.1. The molecular weight excluding hydrogens is 626 g/mol. The predicted octanol–water partition coefficient (Wildman–Crippen LogP) is 2.74. The van der Waals surface area contributed by atoms with E-state index in [1.165, 1.54) is 11.2 Å². The Morgan fingerprint density at radius 1 is 0.898 bits per heavy atom. The topological polar surface area (TPSA) is 198 Å². The molecular formula is C36H65N7O6. The Morgan fingerprint density at radius 2 is 1.49 bits per heavy atom. The van der Waals surface area contributed by atoms with Crippen molar-refractivity contribution in [2.75, 3.05) is 27.2 Å². The molecule has 0 heterocycles. The SMILES string of the molecule is CCCCCC/C(O/C=C(/C)NC(=O)C(CN)NC(=O)C(CN)NC(=O)C(NC)C1CCCCCC1)=C(\C)C(=O)N(C)C(C=O)CC(C)C. The molecule has 1 rings (SSSR count). The number of hydrogen-bond donors (Lipinski definition) is 6. The molecule has 0 bridgehead atoms. The maximum atomic E-state index is 13.3. The third-order valence-electron chi connectivity index (χ3n) is 9.08. The van der Waals surface area contributed by atoms with Crippen molar-refractivity contribution < 1.29 is 28.7 Å². The summed E-state index contributed by atoms with van der Waals surface area (Å²) in [7, 11) is 3.35. The van der Waals surface area contributed by atoms with Crippen molar-refractivity contribution in [1.82, 2.24) is 26.2 Å². The number of ether oxygens (including phenoxy) is 1. The Hall–Kier alpha value is -3.29. The molecule has 4 atom stereocenters. The lowest BCUT2D eigenvalue weighted by atomic mass is 9.91. The highest BCUT2D eigenvalue weighted by Crippen LogP contribution is 2.26. The van der Waals surface area contributed by atoms with Crippen LogP contribution in [0.5, 0.6) is 0 Å². The monoisotopic (exact) mass is 691 g/mol. The molecule has 1 saturated carbocycles. The summed E-state index contributed by atoms with van der Waals surface area (Å²) in [6.45, 7) is 9.04. The predicted molar refractivity (Wildman–Crippen MR) is 193 cm³/mol. The molecule has 8 N–H and O–H groups in total. The maximum absolute atomic E-state index is 13.3. The van der Waals surface area contributed by atoms with Crippen molar-refractivity contribution in [2.45, 2.75) is 136 Å². The summed E-state index contributed by atoms with van der Waals surface area (Å²) < 4.78 is 5.98. The van der Waals surface area contributed by atoms with E-state index in [-0.39, 0.29) is 36.7 Å². The van der Waals surface area contributed by atoms with Gasteiger partial charge in [0.05, 0.1) is 17.7 Å². The Balaban J connectivity index is 2.98. The highest BCUT2D eigenvalue weighted by molar-refractivity contribution is 5.95. The van der Waals surface area contributed by atoms with Gasteiger partial charge >= 0.3 is 0 Å². The highest BCUT2D eigenvalue weighted by Gasteiger charge is 2.31. The van der Waals surface area contributed by atoms with Crippen LogP contribution in [-0.2, 0) is 28.7 Å². The van der Waals surface area contributed by atoms with Gasteiger partial charge in [0, 0.05) is 32.3 Å². The van der Waals surface area contributed by atoms with E-state index in [2.05, 4.69) is 28.2 Å². The van der Waals surface area contributed by atoms with Gasteiger partial charge in [-0.2, -0.15) is 0 Å². The highest BCUT2D eigenvalue weighted by atomic mass is 16.5. The minimum atomic E-state index is -1.11. The Labute approximate surface area is 294 Å². The second-order valence-corrected chi connectivity index (χ2v) is 13.6. The summed E-state index contributed by atoms with van der Waals surface area (Å²) in [4.78, 5) is 66.0. The minimum absolute atomic E-state index is 0.157. The molecule has 4 unspecified atom stereocenters. The van der Waals surface area contributed by atoms with Gasteiger partial charge in [-0.3, -0.25) is 19.2 Å². The van der Waals surface area contributed by atoms with Gasteiger partial charge in [-0.25, -0.2) is 0 Å². The molecule has 1 aliphatic carbocycles. The van der Waals surface area contributed by atoms with Crippen molar-refractivity contribution in [3.05, 3.63) is 23.3 Å². The van der Waals surface area contributed by atoms with Crippen LogP contribution in [0.25, 0.3) is 0 Å². The zero-order valence-electron chi connectivity index (χ0n) is 31.1. The van der Waals surface area contributed by atoms with Gasteiger partial charge in [-0.05, 0) is 58.4 Å². The fourth-order valence-electron chi connectivity index (χ4n) is 6.06. The van der Waals surface area contributed by atoms with E-state index in [1.54, 1.807) is 27.9 Å². The lowest BCUT2D eigenvalue weighted by molar-refractivity contribution is -0.132. The number of nitrogens with two attached hydrogens (primary N) is 2. The number of aldehydes is 1. The minimum Gasteiger partial charge on any atom is -0.467 e. The molecule has 13 nitrogen and oxygen atoms in total. The standard InChI is InChI=1S/C36H65N7O6/c1-8-9-10-15-18-31(26(5)36(48)43(7)28(22-44)19-24(2)3)49-23-25(4)40-33(45)29(20-37)41-34(46)30(21-38)42-35(47)32(39-6)27-16-13-11-12-14-17-27/h22-24,27-30,32,39H,8-21,37-38H2,1-7H3,(H,40,45)(H,41,46)(H,42,47)/b25-23-,31-26-. The van der Waals surface area contributed by atoms with Crippen molar-refractivity contribution >= 4 is 29.9 Å². The van der Waals surface area contributed by atoms with Crippen LogP contribution in [0.4, 0.5) is 0 Å². The number of likely N-dealkylation sites (N-methyl/N-ethyl adjacent to an activating group) is 2. The van der Waals surface area contributed by atoms with Crippen LogP contribution in [0.2, 0.25) is 0 Å². The fourth-order valence-corrected chi connectivity index (χ4v) is 6.06. The normalized spacial score (nSPS) is 17.1. The third-order valence-corrected chi connectivity index (χ3v) is 9.08. The van der Waals surface area contributed by atoms with Crippen molar-refractivity contribution in [2.24, 2.45) is 23.3 Å². The van der Waals surface area contributed by atoms with E-state index in [0.29, 0.717) is 29.9 Å². The summed E-state index contributed by atoms with van der Waals surface area (Å²) in [5.41, 5.74) is 12.4. The van der Waals surface area contributed by atoms with Gasteiger partial charge in [0.15, 0.2) is 0 Å². The maximum Gasteiger partial charge on any atom is 0.253 e. The Kier molecular flexibility index (Phi) is 21.4. The number of unbranched alkanes of at least 4 members (excludes halogenated alkanes) is 3. The van der Waals surface area contributed by atoms with Gasteiger partial charge in [-0.1, -0.05) is 65.7 Å². The second-order valence-electron chi connectivity index (χ2n) is 13.6. The number of nitrogens with zero attached hydrogens (tertiary/aromatic N) is 1. The molecule has 0 aromatic rings. The molecule has 0 aromatic carbocycles. The van der Waals surface area contributed by atoms with Crippen LogP contribution >= 0.6 is 0 Å². The summed E-state index contributed by atoms with van der Waals surface area (Å²) in [6, 6.07) is -3.15. The number of hydrogen-bond acceptors (Lipinski definition) is 9. The fraction of sp³-hybridized carbons (Fsp3) is 0.750. The van der Waals surface area contributed by atoms with E-state index in [0.717, 1.165) is 70.5 Å². The van der Waals surface area contributed by atoms with Crippen LogP contribution in [0.1, 0.15) is 112 Å². The number of amides is 4.